The van der Waals surface area contributed by atoms with Crippen molar-refractivity contribution in [3.8, 4) is 11.3 Å². The number of guanidine groups is 1. The Morgan fingerprint density at radius 3 is 2.54 bits per heavy atom. The Hall–Kier alpha value is -2.79. The van der Waals surface area contributed by atoms with Crippen LogP contribution in [0.2, 0.25) is 5.02 Å². The molecule has 26 heavy (non-hydrogen) atoms. The van der Waals surface area contributed by atoms with Crippen molar-refractivity contribution < 1.29 is 4.42 Å². The van der Waals surface area contributed by atoms with Gasteiger partial charge in [-0.1, -0.05) is 59.6 Å². The third-order valence-corrected chi connectivity index (χ3v) is 4.29. The number of nitrogens with one attached hydrogen (secondary N) is 2. The molecule has 0 amide bonds. The molecule has 1 aromatic heterocycles. The van der Waals surface area contributed by atoms with Gasteiger partial charge < -0.3 is 15.1 Å². The lowest BCUT2D eigenvalue weighted by Crippen LogP contribution is -2.36. The van der Waals surface area contributed by atoms with E-state index in [0.29, 0.717) is 24.9 Å². The van der Waals surface area contributed by atoms with Crippen LogP contribution in [0.15, 0.2) is 64.1 Å². The van der Waals surface area contributed by atoms with E-state index in [0.717, 1.165) is 21.9 Å². The van der Waals surface area contributed by atoms with E-state index in [1.54, 1.807) is 13.2 Å². The minimum atomic E-state index is 0.439. The number of aromatic nitrogens is 1. The predicted octanol–water partition coefficient (Wildman–Crippen LogP) is 4.17. The number of aliphatic imine (C=N–C) groups is 1. The number of rotatable bonds is 5. The van der Waals surface area contributed by atoms with Crippen LogP contribution in [0.4, 0.5) is 0 Å². The van der Waals surface area contributed by atoms with Gasteiger partial charge in [0.1, 0.15) is 0 Å². The molecule has 1 heterocycles. The van der Waals surface area contributed by atoms with Crippen LogP contribution in [0.1, 0.15) is 17.0 Å². The van der Waals surface area contributed by atoms with Crippen molar-refractivity contribution in [3.63, 3.8) is 0 Å². The van der Waals surface area contributed by atoms with Crippen LogP contribution >= 0.6 is 11.6 Å². The first kappa shape index (κ1) is 18.0. The molecule has 0 atom stereocenters. The van der Waals surface area contributed by atoms with Gasteiger partial charge in [-0.3, -0.25) is 4.99 Å². The molecular formula is C20H21ClN4O. The Bertz CT molecular complexity index is 887. The quantitative estimate of drug-likeness (QED) is 0.524. The first-order valence-electron chi connectivity index (χ1n) is 8.35. The maximum absolute atomic E-state index is 6.17. The molecule has 0 bridgehead atoms. The minimum Gasteiger partial charge on any atom is -0.439 e. The average molecular weight is 369 g/mol. The zero-order chi connectivity index (χ0) is 18.4. The third-order valence-electron chi connectivity index (χ3n) is 3.92. The van der Waals surface area contributed by atoms with Gasteiger partial charge in [-0.25, -0.2) is 4.98 Å². The fourth-order valence-corrected chi connectivity index (χ4v) is 2.65. The number of oxazole rings is 1. The Morgan fingerprint density at radius 1 is 1.08 bits per heavy atom. The zero-order valence-corrected chi connectivity index (χ0v) is 15.5. The second-order valence-electron chi connectivity index (χ2n) is 5.86. The number of hydrogen-bond acceptors (Lipinski definition) is 3. The smallest absolute Gasteiger partial charge is 0.214 e. The molecule has 0 aliphatic rings. The van der Waals surface area contributed by atoms with Crippen LogP contribution < -0.4 is 10.6 Å². The lowest BCUT2D eigenvalue weighted by atomic mass is 10.1. The summed E-state index contributed by atoms with van der Waals surface area (Å²) in [6, 6.07) is 15.9. The Morgan fingerprint density at radius 2 is 1.81 bits per heavy atom. The van der Waals surface area contributed by atoms with Crippen molar-refractivity contribution in [2.24, 2.45) is 4.99 Å². The molecule has 0 saturated carbocycles. The van der Waals surface area contributed by atoms with Crippen LogP contribution in [-0.2, 0) is 13.1 Å². The lowest BCUT2D eigenvalue weighted by molar-refractivity contribution is 0.497. The van der Waals surface area contributed by atoms with Crippen LogP contribution in [0, 0.1) is 6.92 Å². The summed E-state index contributed by atoms with van der Waals surface area (Å²) in [6.07, 6.45) is 1.74. The fourth-order valence-electron chi connectivity index (χ4n) is 2.44. The first-order chi connectivity index (χ1) is 12.7. The van der Waals surface area contributed by atoms with E-state index in [1.165, 1.54) is 5.56 Å². The number of benzene rings is 2. The average Bonchev–Trinajstić information content (AvgIpc) is 3.13. The molecule has 5 nitrogen and oxygen atoms in total. The molecule has 0 unspecified atom stereocenters. The van der Waals surface area contributed by atoms with Gasteiger partial charge >= 0.3 is 0 Å². The third kappa shape index (κ3) is 4.64. The summed E-state index contributed by atoms with van der Waals surface area (Å²) < 4.78 is 5.81. The summed E-state index contributed by atoms with van der Waals surface area (Å²) in [6.45, 7) is 3.08. The van der Waals surface area contributed by atoms with E-state index in [2.05, 4.69) is 39.7 Å². The second kappa shape index (κ2) is 8.54. The van der Waals surface area contributed by atoms with E-state index >= 15 is 0 Å². The van der Waals surface area contributed by atoms with Gasteiger partial charge in [0.05, 0.1) is 12.7 Å². The van der Waals surface area contributed by atoms with Crippen LogP contribution in [0.3, 0.4) is 0 Å². The van der Waals surface area contributed by atoms with Gasteiger partial charge in [-0.15, -0.1) is 0 Å². The van der Waals surface area contributed by atoms with E-state index in [4.69, 9.17) is 16.0 Å². The number of hydrogen-bond donors (Lipinski definition) is 2. The van der Waals surface area contributed by atoms with Crippen LogP contribution in [-0.4, -0.2) is 18.0 Å². The van der Waals surface area contributed by atoms with E-state index in [-0.39, 0.29) is 0 Å². The minimum absolute atomic E-state index is 0.439. The molecule has 0 radical (unpaired) electrons. The molecular weight excluding hydrogens is 348 g/mol. The molecule has 3 rings (SSSR count). The normalized spacial score (nSPS) is 11.4. The van der Waals surface area contributed by atoms with Crippen LogP contribution in [0.5, 0.6) is 0 Å². The largest absolute Gasteiger partial charge is 0.439 e. The molecule has 0 saturated heterocycles. The Balaban J connectivity index is 1.56. The van der Waals surface area contributed by atoms with Crippen molar-refractivity contribution in [1.29, 1.82) is 0 Å². The summed E-state index contributed by atoms with van der Waals surface area (Å²) in [5, 5.41) is 7.14. The van der Waals surface area contributed by atoms with Crippen molar-refractivity contribution in [2.45, 2.75) is 20.0 Å². The van der Waals surface area contributed by atoms with Crippen molar-refractivity contribution in [2.75, 3.05) is 7.05 Å². The van der Waals surface area contributed by atoms with Gasteiger partial charge in [0, 0.05) is 24.2 Å². The van der Waals surface area contributed by atoms with Gasteiger partial charge in [0.15, 0.2) is 11.7 Å². The standard InChI is InChI=1S/C20H21ClN4O/c1-14-7-9-15(10-8-14)18-12-23-19(26-18)13-25-20(22-2)24-11-16-5-3-4-6-17(16)21/h3-10,12H,11,13H2,1-2H3,(H2,22,24,25). The lowest BCUT2D eigenvalue weighted by Gasteiger charge is -2.11. The summed E-state index contributed by atoms with van der Waals surface area (Å²) in [4.78, 5) is 8.53. The number of halogens is 1. The van der Waals surface area contributed by atoms with Crippen LogP contribution in [0.25, 0.3) is 11.3 Å². The topological polar surface area (TPSA) is 62.5 Å². The highest BCUT2D eigenvalue weighted by molar-refractivity contribution is 6.31. The summed E-state index contributed by atoms with van der Waals surface area (Å²) >= 11 is 6.17. The Kier molecular flexibility index (Phi) is 5.92. The highest BCUT2D eigenvalue weighted by atomic mass is 35.5. The van der Waals surface area contributed by atoms with Gasteiger partial charge in [0.25, 0.3) is 0 Å². The molecule has 0 spiro atoms. The predicted molar refractivity (Wildman–Crippen MR) is 105 cm³/mol. The van der Waals surface area contributed by atoms with E-state index in [1.807, 2.05) is 36.4 Å². The molecule has 2 aromatic carbocycles. The van der Waals surface area contributed by atoms with Gasteiger partial charge in [-0.2, -0.15) is 0 Å². The van der Waals surface area contributed by atoms with E-state index in [9.17, 15) is 0 Å². The van der Waals surface area contributed by atoms with Gasteiger partial charge in [0.2, 0.25) is 5.89 Å². The molecule has 6 heteroatoms. The van der Waals surface area contributed by atoms with Gasteiger partial charge in [-0.05, 0) is 18.6 Å². The highest BCUT2D eigenvalue weighted by Crippen LogP contribution is 2.20. The molecule has 2 N–H and O–H groups in total. The first-order valence-corrected chi connectivity index (χ1v) is 8.73. The maximum Gasteiger partial charge on any atom is 0.214 e. The molecule has 0 aliphatic carbocycles. The van der Waals surface area contributed by atoms with Crippen molar-refractivity contribution >= 4 is 17.6 Å². The molecule has 3 aromatic rings. The number of nitrogens with zero attached hydrogens (tertiary/aromatic N) is 2. The Labute approximate surface area is 158 Å². The monoisotopic (exact) mass is 368 g/mol. The molecule has 134 valence electrons. The SMILES string of the molecule is CN=C(NCc1ncc(-c2ccc(C)cc2)o1)NCc1ccccc1Cl. The zero-order valence-electron chi connectivity index (χ0n) is 14.8. The van der Waals surface area contributed by atoms with Crippen molar-refractivity contribution in [3.05, 3.63) is 76.8 Å². The summed E-state index contributed by atoms with van der Waals surface area (Å²) in [5.41, 5.74) is 3.23. The molecule has 0 aliphatic heterocycles. The highest BCUT2D eigenvalue weighted by Gasteiger charge is 2.07. The molecule has 0 fully saturated rings. The second-order valence-corrected chi connectivity index (χ2v) is 6.26. The summed E-state index contributed by atoms with van der Waals surface area (Å²) in [5.74, 6) is 2.00. The van der Waals surface area contributed by atoms with E-state index < -0.39 is 0 Å². The van der Waals surface area contributed by atoms with Crippen molar-refractivity contribution in [1.82, 2.24) is 15.6 Å². The summed E-state index contributed by atoms with van der Waals surface area (Å²) in [7, 11) is 1.72. The fraction of sp³-hybridized carbons (Fsp3) is 0.200. The maximum atomic E-state index is 6.17. The number of aryl methyl sites for hydroxylation is 1.